The maximum atomic E-state index is 12.2. The number of aliphatic carboxylic acids is 1. The van der Waals surface area contributed by atoms with E-state index in [-0.39, 0.29) is 17.7 Å². The number of benzene rings is 2. The van der Waals surface area contributed by atoms with Crippen molar-refractivity contribution < 1.29 is 24.2 Å². The molecule has 2 aliphatic carbocycles. The number of hydrogen-bond acceptors (Lipinski definition) is 4. The minimum atomic E-state index is -0.949. The van der Waals surface area contributed by atoms with Crippen LogP contribution >= 0.6 is 0 Å². The fourth-order valence-corrected chi connectivity index (χ4v) is 4.66. The van der Waals surface area contributed by atoms with Crippen molar-refractivity contribution in [2.75, 3.05) is 13.2 Å². The van der Waals surface area contributed by atoms with Gasteiger partial charge < -0.3 is 20.5 Å². The van der Waals surface area contributed by atoms with E-state index in [0.717, 1.165) is 32.1 Å². The second-order valence-electron chi connectivity index (χ2n) is 9.14. The summed E-state index contributed by atoms with van der Waals surface area (Å²) < 4.78 is 5.53. The molecule has 1 unspecified atom stereocenters. The van der Waals surface area contributed by atoms with Crippen molar-refractivity contribution in [2.24, 2.45) is 5.92 Å². The molecule has 0 bridgehead atoms. The summed E-state index contributed by atoms with van der Waals surface area (Å²) in [7, 11) is 0. The zero-order chi connectivity index (χ0) is 23.9. The Hall–Kier alpha value is -3.35. The van der Waals surface area contributed by atoms with Gasteiger partial charge in [0.05, 0.1) is 0 Å². The number of amides is 2. The number of carbonyl (C=O) groups is 3. The largest absolute Gasteiger partial charge is 0.480 e. The van der Waals surface area contributed by atoms with E-state index in [2.05, 4.69) is 34.9 Å². The van der Waals surface area contributed by atoms with Crippen molar-refractivity contribution in [2.45, 2.75) is 56.9 Å². The van der Waals surface area contributed by atoms with E-state index in [1.54, 1.807) is 0 Å². The molecule has 0 aromatic heterocycles. The molecule has 0 radical (unpaired) electrons. The van der Waals surface area contributed by atoms with Gasteiger partial charge in [0, 0.05) is 18.9 Å². The minimum Gasteiger partial charge on any atom is -0.480 e. The quantitative estimate of drug-likeness (QED) is 0.403. The Labute approximate surface area is 199 Å². The van der Waals surface area contributed by atoms with Crippen molar-refractivity contribution >= 4 is 18.0 Å². The summed E-state index contributed by atoms with van der Waals surface area (Å²) in [5.41, 5.74) is 4.78. The summed E-state index contributed by atoms with van der Waals surface area (Å²) >= 11 is 0. The molecule has 3 N–H and O–H groups in total. The van der Waals surface area contributed by atoms with E-state index in [9.17, 15) is 19.5 Å². The highest BCUT2D eigenvalue weighted by Crippen LogP contribution is 2.44. The summed E-state index contributed by atoms with van der Waals surface area (Å²) in [6, 6.07) is 15.7. The number of hydrogen-bond donors (Lipinski definition) is 3. The Morgan fingerprint density at radius 3 is 2.15 bits per heavy atom. The van der Waals surface area contributed by atoms with Gasteiger partial charge in [0.25, 0.3) is 0 Å². The first kappa shape index (κ1) is 23.8. The Morgan fingerprint density at radius 1 is 0.912 bits per heavy atom. The fourth-order valence-electron chi connectivity index (χ4n) is 4.66. The lowest BCUT2D eigenvalue weighted by Gasteiger charge is -2.14. The topological polar surface area (TPSA) is 105 Å². The average molecular weight is 465 g/mol. The van der Waals surface area contributed by atoms with Gasteiger partial charge in [-0.3, -0.25) is 4.79 Å². The summed E-state index contributed by atoms with van der Waals surface area (Å²) in [5, 5.41) is 14.6. The van der Waals surface area contributed by atoms with Gasteiger partial charge in [0.1, 0.15) is 12.6 Å². The average Bonchev–Trinajstić information content (AvgIpc) is 3.63. The lowest BCUT2D eigenvalue weighted by atomic mass is 9.98. The predicted molar refractivity (Wildman–Crippen MR) is 128 cm³/mol. The fraction of sp³-hybridized carbons (Fsp3) is 0.444. The lowest BCUT2D eigenvalue weighted by molar-refractivity contribution is -0.142. The molecular weight excluding hydrogens is 432 g/mol. The van der Waals surface area contributed by atoms with Crippen LogP contribution in [0.25, 0.3) is 11.1 Å². The molecule has 1 atom stereocenters. The standard InChI is InChI=1S/C27H32N2O5/c30-24(29-25(26(31)32)18-14-15-18)13-3-1-2-8-16-28-27(33)34-17-23-21-11-6-4-9-19(21)20-10-5-7-12-22(20)23/h4-7,9-12,18,23,25H,1-3,8,13-17H2,(H,28,33)(H,29,30)(H,31,32). The third-order valence-electron chi connectivity index (χ3n) is 6.62. The summed E-state index contributed by atoms with van der Waals surface area (Å²) in [6.45, 7) is 0.818. The molecule has 0 spiro atoms. The number of alkyl carbamates (subject to hydrolysis) is 1. The smallest absolute Gasteiger partial charge is 0.407 e. The van der Waals surface area contributed by atoms with Crippen molar-refractivity contribution in [1.29, 1.82) is 0 Å². The second kappa shape index (κ2) is 11.2. The van der Waals surface area contributed by atoms with Gasteiger partial charge in [0.15, 0.2) is 0 Å². The molecule has 2 aromatic carbocycles. The Morgan fingerprint density at radius 2 is 1.53 bits per heavy atom. The molecule has 2 aromatic rings. The van der Waals surface area contributed by atoms with Gasteiger partial charge in [-0.2, -0.15) is 0 Å². The van der Waals surface area contributed by atoms with Gasteiger partial charge in [-0.05, 0) is 53.9 Å². The van der Waals surface area contributed by atoms with Crippen LogP contribution in [0, 0.1) is 5.92 Å². The van der Waals surface area contributed by atoms with Crippen LogP contribution in [0.2, 0.25) is 0 Å². The van der Waals surface area contributed by atoms with Crippen LogP contribution < -0.4 is 10.6 Å². The number of unbranched alkanes of at least 4 members (excludes halogenated alkanes) is 3. The molecule has 2 amide bonds. The normalized spacial score (nSPS) is 15.2. The molecule has 180 valence electrons. The van der Waals surface area contributed by atoms with E-state index in [0.29, 0.717) is 26.0 Å². The predicted octanol–water partition coefficient (Wildman–Crippen LogP) is 4.46. The Kier molecular flexibility index (Phi) is 7.83. The van der Waals surface area contributed by atoms with Crippen LogP contribution in [-0.2, 0) is 14.3 Å². The molecule has 7 nitrogen and oxygen atoms in total. The molecule has 7 heteroatoms. The monoisotopic (exact) mass is 464 g/mol. The molecule has 4 rings (SSSR count). The van der Waals surface area contributed by atoms with Crippen LogP contribution in [0.3, 0.4) is 0 Å². The van der Waals surface area contributed by atoms with E-state index < -0.39 is 18.1 Å². The highest BCUT2D eigenvalue weighted by atomic mass is 16.5. The van der Waals surface area contributed by atoms with E-state index in [1.807, 2.05) is 24.3 Å². The second-order valence-corrected chi connectivity index (χ2v) is 9.14. The highest BCUT2D eigenvalue weighted by Gasteiger charge is 2.37. The Balaban J connectivity index is 1.09. The zero-order valence-electron chi connectivity index (χ0n) is 19.3. The van der Waals surface area contributed by atoms with E-state index >= 15 is 0 Å². The van der Waals surface area contributed by atoms with Gasteiger partial charge in [-0.15, -0.1) is 0 Å². The minimum absolute atomic E-state index is 0.0462. The zero-order valence-corrected chi connectivity index (χ0v) is 19.3. The Bertz CT molecular complexity index is 988. The molecule has 1 fully saturated rings. The number of carboxylic acid groups (broad SMARTS) is 1. The van der Waals surface area contributed by atoms with Crippen LogP contribution in [0.15, 0.2) is 48.5 Å². The number of fused-ring (bicyclic) bond motifs is 3. The van der Waals surface area contributed by atoms with E-state index in [1.165, 1.54) is 22.3 Å². The van der Waals surface area contributed by atoms with Crippen LogP contribution in [0.1, 0.15) is 62.0 Å². The number of rotatable bonds is 12. The van der Waals surface area contributed by atoms with Crippen LogP contribution in [-0.4, -0.2) is 42.3 Å². The molecule has 34 heavy (non-hydrogen) atoms. The van der Waals surface area contributed by atoms with Gasteiger partial charge in [-0.25, -0.2) is 9.59 Å². The molecule has 1 saturated carbocycles. The maximum Gasteiger partial charge on any atom is 0.407 e. The highest BCUT2D eigenvalue weighted by molar-refractivity contribution is 5.84. The number of carboxylic acids is 1. The number of carbonyl (C=O) groups excluding carboxylic acids is 2. The summed E-state index contributed by atoms with van der Waals surface area (Å²) in [6.07, 6.45) is 4.88. The van der Waals surface area contributed by atoms with Crippen LogP contribution in [0.4, 0.5) is 4.79 Å². The molecular formula is C27H32N2O5. The van der Waals surface area contributed by atoms with Gasteiger partial charge in [0.2, 0.25) is 5.91 Å². The first-order valence-electron chi connectivity index (χ1n) is 12.2. The lowest BCUT2D eigenvalue weighted by Crippen LogP contribution is -2.42. The van der Waals surface area contributed by atoms with Crippen molar-refractivity contribution in [3.05, 3.63) is 59.7 Å². The third kappa shape index (κ3) is 5.95. The summed E-state index contributed by atoms with van der Waals surface area (Å²) in [5.74, 6) is -1.01. The van der Waals surface area contributed by atoms with Gasteiger partial charge in [-0.1, -0.05) is 61.4 Å². The molecule has 2 aliphatic rings. The summed E-state index contributed by atoms with van der Waals surface area (Å²) in [4.78, 5) is 35.3. The van der Waals surface area contributed by atoms with Crippen molar-refractivity contribution in [3.63, 3.8) is 0 Å². The first-order chi connectivity index (χ1) is 16.5. The van der Waals surface area contributed by atoms with Crippen molar-refractivity contribution in [1.82, 2.24) is 10.6 Å². The van der Waals surface area contributed by atoms with E-state index in [4.69, 9.17) is 4.74 Å². The number of nitrogens with one attached hydrogen (secondary N) is 2. The molecule has 0 aliphatic heterocycles. The maximum absolute atomic E-state index is 12.2. The number of ether oxygens (including phenoxy) is 1. The molecule has 0 saturated heterocycles. The van der Waals surface area contributed by atoms with Gasteiger partial charge >= 0.3 is 12.1 Å². The van der Waals surface area contributed by atoms with Crippen molar-refractivity contribution in [3.8, 4) is 11.1 Å². The third-order valence-corrected chi connectivity index (χ3v) is 6.62. The molecule has 0 heterocycles. The SMILES string of the molecule is O=C(CCCCCCNC(=O)OCC1c2ccccc2-c2ccccc21)NC(C(=O)O)C1CC1. The van der Waals surface area contributed by atoms with Crippen LogP contribution in [0.5, 0.6) is 0 Å². The first-order valence-corrected chi connectivity index (χ1v) is 12.2.